The summed E-state index contributed by atoms with van der Waals surface area (Å²) in [6.07, 6.45) is 0. The highest BCUT2D eigenvalue weighted by Gasteiger charge is 2.30. The fraction of sp³-hybridized carbons (Fsp3) is 0.478. The lowest BCUT2D eigenvalue weighted by atomic mass is 10.0. The molecule has 5 heteroatoms. The maximum absolute atomic E-state index is 5.64. The molecule has 2 aromatic rings. The molecule has 0 N–H and O–H groups in total. The molecule has 0 unspecified atom stereocenters. The minimum Gasteiger partial charge on any atom is -0.496 e. The Morgan fingerprint density at radius 2 is 1.89 bits per heavy atom. The van der Waals surface area contributed by atoms with E-state index in [0.29, 0.717) is 12.5 Å². The summed E-state index contributed by atoms with van der Waals surface area (Å²) in [4.78, 5) is 5.03. The van der Waals surface area contributed by atoms with Crippen molar-refractivity contribution in [1.29, 1.82) is 0 Å². The van der Waals surface area contributed by atoms with Crippen LogP contribution in [0.4, 0.5) is 5.69 Å². The minimum atomic E-state index is 0.530. The number of nitrogens with zero attached hydrogens (tertiary/aromatic N) is 2. The molecule has 4 rings (SSSR count). The lowest BCUT2D eigenvalue weighted by Crippen LogP contribution is -2.39. The molecule has 2 aliphatic heterocycles. The van der Waals surface area contributed by atoms with Gasteiger partial charge in [-0.15, -0.1) is 0 Å². The van der Waals surface area contributed by atoms with Gasteiger partial charge in [-0.1, -0.05) is 24.3 Å². The Bertz CT molecular complexity index is 789. The number of morpholine rings is 1. The number of benzene rings is 2. The molecule has 0 aromatic heterocycles. The molecule has 150 valence electrons. The van der Waals surface area contributed by atoms with Gasteiger partial charge in [-0.2, -0.15) is 0 Å². The standard InChI is InChI=1S/C23H30N2O3/c1-26-17-18-7-8-23(27-2)19(13-18)15-25-16-20(14-24-9-11-28-12-10-24)21-5-3-4-6-22(21)25/h3-8,13,20H,9-12,14-17H2,1-2H3/t20-/m0/s1. The average molecular weight is 383 g/mol. The van der Waals surface area contributed by atoms with E-state index in [2.05, 4.69) is 52.3 Å². The second-order valence-electron chi connectivity index (χ2n) is 7.63. The van der Waals surface area contributed by atoms with E-state index in [-0.39, 0.29) is 0 Å². The highest BCUT2D eigenvalue weighted by atomic mass is 16.5. The first-order chi connectivity index (χ1) is 13.8. The quantitative estimate of drug-likeness (QED) is 0.734. The lowest BCUT2D eigenvalue weighted by molar-refractivity contribution is 0.0356. The molecule has 0 spiro atoms. The Hall–Kier alpha value is -2.08. The monoisotopic (exact) mass is 382 g/mol. The fourth-order valence-corrected chi connectivity index (χ4v) is 4.40. The van der Waals surface area contributed by atoms with Gasteiger partial charge in [0, 0.05) is 57.0 Å². The zero-order valence-corrected chi connectivity index (χ0v) is 16.9. The Kier molecular flexibility index (Phi) is 6.15. The van der Waals surface area contributed by atoms with Crippen LogP contribution in [-0.4, -0.2) is 58.5 Å². The van der Waals surface area contributed by atoms with Crippen LogP contribution in [0.3, 0.4) is 0 Å². The van der Waals surface area contributed by atoms with Gasteiger partial charge in [0.2, 0.25) is 0 Å². The summed E-state index contributed by atoms with van der Waals surface area (Å²) >= 11 is 0. The van der Waals surface area contributed by atoms with Crippen molar-refractivity contribution < 1.29 is 14.2 Å². The van der Waals surface area contributed by atoms with Crippen LogP contribution in [0.25, 0.3) is 0 Å². The van der Waals surface area contributed by atoms with Crippen LogP contribution in [0.5, 0.6) is 5.75 Å². The van der Waals surface area contributed by atoms with Gasteiger partial charge < -0.3 is 19.1 Å². The molecule has 0 aliphatic carbocycles. The fourth-order valence-electron chi connectivity index (χ4n) is 4.40. The average Bonchev–Trinajstić information content (AvgIpc) is 3.07. The highest BCUT2D eigenvalue weighted by Crippen LogP contribution is 2.38. The smallest absolute Gasteiger partial charge is 0.123 e. The van der Waals surface area contributed by atoms with Gasteiger partial charge in [0.25, 0.3) is 0 Å². The van der Waals surface area contributed by atoms with E-state index in [1.165, 1.54) is 22.4 Å². The van der Waals surface area contributed by atoms with Crippen LogP contribution in [0.15, 0.2) is 42.5 Å². The first-order valence-corrected chi connectivity index (χ1v) is 10.1. The summed E-state index contributed by atoms with van der Waals surface area (Å²) in [5, 5.41) is 0. The van der Waals surface area contributed by atoms with Crippen molar-refractivity contribution in [2.45, 2.75) is 19.1 Å². The Balaban J connectivity index is 1.54. The molecule has 0 saturated carbocycles. The van der Waals surface area contributed by atoms with Crippen molar-refractivity contribution in [3.63, 3.8) is 0 Å². The summed E-state index contributed by atoms with van der Waals surface area (Å²) in [6, 6.07) is 15.2. The van der Waals surface area contributed by atoms with Crippen molar-refractivity contribution in [3.05, 3.63) is 59.2 Å². The van der Waals surface area contributed by atoms with Gasteiger partial charge in [0.05, 0.1) is 26.9 Å². The van der Waals surface area contributed by atoms with Crippen LogP contribution in [0.1, 0.15) is 22.6 Å². The maximum atomic E-state index is 5.64. The van der Waals surface area contributed by atoms with Gasteiger partial charge in [-0.3, -0.25) is 4.90 Å². The number of hydrogen-bond acceptors (Lipinski definition) is 5. The molecule has 2 aliphatic rings. The van der Waals surface area contributed by atoms with E-state index in [0.717, 1.165) is 51.7 Å². The van der Waals surface area contributed by atoms with Gasteiger partial charge in [0.15, 0.2) is 0 Å². The summed E-state index contributed by atoms with van der Waals surface area (Å²) in [5.74, 6) is 1.47. The van der Waals surface area contributed by atoms with Crippen molar-refractivity contribution >= 4 is 5.69 Å². The Morgan fingerprint density at radius 1 is 1.07 bits per heavy atom. The molecule has 1 fully saturated rings. The molecule has 0 amide bonds. The first kappa shape index (κ1) is 19.2. The SMILES string of the molecule is COCc1ccc(OC)c(CN2C[C@H](CN3CCOCC3)c3ccccc32)c1. The Morgan fingerprint density at radius 3 is 2.68 bits per heavy atom. The van der Waals surface area contributed by atoms with E-state index in [1.54, 1.807) is 14.2 Å². The molecule has 5 nitrogen and oxygen atoms in total. The third kappa shape index (κ3) is 4.17. The summed E-state index contributed by atoms with van der Waals surface area (Å²) < 4.78 is 16.5. The number of ether oxygens (including phenoxy) is 3. The maximum Gasteiger partial charge on any atom is 0.123 e. The molecule has 0 bridgehead atoms. The number of anilines is 1. The molecule has 2 aromatic carbocycles. The molecule has 0 radical (unpaired) electrons. The minimum absolute atomic E-state index is 0.530. The van der Waals surface area contributed by atoms with Crippen molar-refractivity contribution in [1.82, 2.24) is 4.90 Å². The van der Waals surface area contributed by atoms with Gasteiger partial charge in [-0.25, -0.2) is 0 Å². The molecule has 2 heterocycles. The van der Waals surface area contributed by atoms with Gasteiger partial charge in [0.1, 0.15) is 5.75 Å². The third-order valence-corrected chi connectivity index (χ3v) is 5.76. The first-order valence-electron chi connectivity index (χ1n) is 10.1. The van der Waals surface area contributed by atoms with E-state index in [9.17, 15) is 0 Å². The predicted octanol–water partition coefficient (Wildman–Crippen LogP) is 3.28. The topological polar surface area (TPSA) is 34.2 Å². The van der Waals surface area contributed by atoms with Crippen molar-refractivity contribution in [3.8, 4) is 5.75 Å². The summed E-state index contributed by atoms with van der Waals surface area (Å²) in [7, 11) is 3.48. The lowest BCUT2D eigenvalue weighted by Gasteiger charge is -2.29. The van der Waals surface area contributed by atoms with Crippen LogP contribution in [0, 0.1) is 0 Å². The van der Waals surface area contributed by atoms with E-state index >= 15 is 0 Å². The van der Waals surface area contributed by atoms with E-state index in [4.69, 9.17) is 14.2 Å². The number of hydrogen-bond donors (Lipinski definition) is 0. The number of methoxy groups -OCH3 is 2. The largest absolute Gasteiger partial charge is 0.496 e. The highest BCUT2D eigenvalue weighted by molar-refractivity contribution is 5.61. The van der Waals surface area contributed by atoms with Crippen LogP contribution < -0.4 is 9.64 Å². The van der Waals surface area contributed by atoms with Crippen LogP contribution in [-0.2, 0) is 22.6 Å². The molecular weight excluding hydrogens is 352 g/mol. The van der Waals surface area contributed by atoms with Crippen LogP contribution >= 0.6 is 0 Å². The molecular formula is C23H30N2O3. The van der Waals surface area contributed by atoms with Crippen molar-refractivity contribution in [2.24, 2.45) is 0 Å². The molecule has 1 atom stereocenters. The van der Waals surface area contributed by atoms with Gasteiger partial charge >= 0.3 is 0 Å². The third-order valence-electron chi connectivity index (χ3n) is 5.76. The van der Waals surface area contributed by atoms with E-state index < -0.39 is 0 Å². The van der Waals surface area contributed by atoms with Gasteiger partial charge in [-0.05, 0) is 29.3 Å². The Labute approximate surface area is 167 Å². The number of rotatable bonds is 7. The predicted molar refractivity (Wildman–Crippen MR) is 111 cm³/mol. The molecule has 1 saturated heterocycles. The van der Waals surface area contributed by atoms with Crippen LogP contribution in [0.2, 0.25) is 0 Å². The molecule has 28 heavy (non-hydrogen) atoms. The van der Waals surface area contributed by atoms with Crippen molar-refractivity contribution in [2.75, 3.05) is 58.5 Å². The second-order valence-corrected chi connectivity index (χ2v) is 7.63. The summed E-state index contributed by atoms with van der Waals surface area (Å²) in [6.45, 7) is 7.36. The summed E-state index contributed by atoms with van der Waals surface area (Å²) in [5.41, 5.74) is 5.19. The zero-order chi connectivity index (χ0) is 19.3. The second kappa shape index (κ2) is 8.95. The van der Waals surface area contributed by atoms with E-state index in [1.807, 2.05) is 0 Å². The normalized spacial score (nSPS) is 19.6. The number of fused-ring (bicyclic) bond motifs is 1. The zero-order valence-electron chi connectivity index (χ0n) is 16.9. The number of para-hydroxylation sites is 1.